The van der Waals surface area contributed by atoms with Crippen LogP contribution in [0.4, 0.5) is 0 Å². The third-order valence-electron chi connectivity index (χ3n) is 7.28. The lowest BCUT2D eigenvalue weighted by Gasteiger charge is -2.55. The lowest BCUT2D eigenvalue weighted by molar-refractivity contribution is -0.126. The number of rotatable bonds is 7. The predicted molar refractivity (Wildman–Crippen MR) is 130 cm³/mol. The van der Waals surface area contributed by atoms with E-state index in [1.807, 2.05) is 0 Å². The van der Waals surface area contributed by atoms with Gasteiger partial charge in [0.2, 0.25) is 5.91 Å². The van der Waals surface area contributed by atoms with Gasteiger partial charge in [0.15, 0.2) is 5.96 Å². The van der Waals surface area contributed by atoms with Crippen LogP contribution in [-0.4, -0.2) is 85.7 Å². The standard InChI is InChI=1S/C22H39N5O2.HI/c1-3-23-21(25-18-15-19(29-4-2)22(18)9-5-6-10-22)27-13-11-26(12-14-27)16-20(28)24-17-7-8-17;/h17-19H,3-16H2,1-2H3,(H,23,25)(H,24,28);1H. The predicted octanol–water partition coefficient (Wildman–Crippen LogP) is 2.20. The topological polar surface area (TPSA) is 69.2 Å². The quantitative estimate of drug-likeness (QED) is 0.299. The summed E-state index contributed by atoms with van der Waals surface area (Å²) < 4.78 is 6.08. The van der Waals surface area contributed by atoms with E-state index >= 15 is 0 Å². The molecule has 4 fully saturated rings. The number of nitrogens with zero attached hydrogens (tertiary/aromatic N) is 3. The van der Waals surface area contributed by atoms with E-state index in [-0.39, 0.29) is 29.9 Å². The van der Waals surface area contributed by atoms with Gasteiger partial charge in [-0.15, -0.1) is 24.0 Å². The number of piperazine rings is 1. The van der Waals surface area contributed by atoms with E-state index < -0.39 is 0 Å². The van der Waals surface area contributed by atoms with Crippen LogP contribution in [0.25, 0.3) is 0 Å². The average Bonchev–Trinajstić information content (AvgIpc) is 3.36. The lowest BCUT2D eigenvalue weighted by Crippen LogP contribution is -2.66. The van der Waals surface area contributed by atoms with E-state index in [0.717, 1.165) is 64.6 Å². The summed E-state index contributed by atoms with van der Waals surface area (Å²) >= 11 is 0. The van der Waals surface area contributed by atoms with Gasteiger partial charge in [0.1, 0.15) is 0 Å². The second-order valence-corrected chi connectivity index (χ2v) is 9.22. The van der Waals surface area contributed by atoms with Crippen LogP contribution in [0, 0.1) is 5.41 Å². The third-order valence-corrected chi connectivity index (χ3v) is 7.28. The first-order valence-corrected chi connectivity index (χ1v) is 11.8. The van der Waals surface area contributed by atoms with Gasteiger partial charge in [0, 0.05) is 56.8 Å². The second kappa shape index (κ2) is 10.8. The smallest absolute Gasteiger partial charge is 0.234 e. The van der Waals surface area contributed by atoms with E-state index in [1.165, 1.54) is 25.7 Å². The van der Waals surface area contributed by atoms with Gasteiger partial charge in [0.25, 0.3) is 0 Å². The number of carbonyl (C=O) groups is 1. The fraction of sp³-hybridized carbons (Fsp3) is 0.909. The maximum absolute atomic E-state index is 12.1. The highest BCUT2D eigenvalue weighted by atomic mass is 127. The van der Waals surface area contributed by atoms with Crippen LogP contribution in [0.3, 0.4) is 0 Å². The Balaban J connectivity index is 0.00000256. The Hall–Kier alpha value is -0.610. The van der Waals surface area contributed by atoms with Gasteiger partial charge >= 0.3 is 0 Å². The Morgan fingerprint density at radius 2 is 1.80 bits per heavy atom. The zero-order valence-electron chi connectivity index (χ0n) is 18.7. The molecule has 30 heavy (non-hydrogen) atoms. The molecule has 7 nitrogen and oxygen atoms in total. The van der Waals surface area contributed by atoms with E-state index in [1.54, 1.807) is 0 Å². The molecule has 0 aromatic rings. The molecule has 3 aliphatic carbocycles. The molecular weight excluding hydrogens is 493 g/mol. The highest BCUT2D eigenvalue weighted by molar-refractivity contribution is 14.0. The number of hydrogen-bond acceptors (Lipinski definition) is 4. The summed E-state index contributed by atoms with van der Waals surface area (Å²) in [6.07, 6.45) is 9.00. The van der Waals surface area contributed by atoms with E-state index in [4.69, 9.17) is 9.73 Å². The minimum atomic E-state index is 0. The molecule has 1 saturated heterocycles. The van der Waals surface area contributed by atoms with Crippen molar-refractivity contribution >= 4 is 35.8 Å². The second-order valence-electron chi connectivity index (χ2n) is 9.22. The molecule has 8 heteroatoms. The maximum atomic E-state index is 12.1. The van der Waals surface area contributed by atoms with Crippen molar-refractivity contribution in [3.05, 3.63) is 0 Å². The van der Waals surface area contributed by atoms with E-state index in [9.17, 15) is 4.79 Å². The maximum Gasteiger partial charge on any atom is 0.234 e. The molecule has 0 aromatic carbocycles. The van der Waals surface area contributed by atoms with Crippen molar-refractivity contribution in [2.24, 2.45) is 10.4 Å². The highest BCUT2D eigenvalue weighted by Gasteiger charge is 2.57. The van der Waals surface area contributed by atoms with Crippen LogP contribution in [0.2, 0.25) is 0 Å². The molecule has 4 aliphatic rings. The Morgan fingerprint density at radius 1 is 1.10 bits per heavy atom. The number of guanidine groups is 1. The SMILES string of the molecule is CCN=C(NC1CC(OCC)C12CCCC2)N1CCN(CC(=O)NC2CC2)CC1.I. The third kappa shape index (κ3) is 5.41. The van der Waals surface area contributed by atoms with Gasteiger partial charge in [-0.05, 0) is 46.0 Å². The molecule has 172 valence electrons. The first kappa shape index (κ1) is 24.0. The summed E-state index contributed by atoms with van der Waals surface area (Å²) in [5.74, 6) is 1.24. The number of hydrogen-bond donors (Lipinski definition) is 2. The molecule has 1 heterocycles. The molecule has 2 unspecified atom stereocenters. The normalized spacial score (nSPS) is 28.7. The van der Waals surface area contributed by atoms with Gasteiger partial charge in [-0.2, -0.15) is 0 Å². The van der Waals surface area contributed by atoms with Crippen molar-refractivity contribution in [3.8, 4) is 0 Å². The summed E-state index contributed by atoms with van der Waals surface area (Å²) in [5, 5.41) is 6.93. The fourth-order valence-electron chi connectivity index (χ4n) is 5.45. The van der Waals surface area contributed by atoms with Crippen LogP contribution < -0.4 is 10.6 Å². The van der Waals surface area contributed by atoms with Crippen molar-refractivity contribution in [1.82, 2.24) is 20.4 Å². The number of halogens is 1. The Labute approximate surface area is 198 Å². The molecular formula is C22H40IN5O2. The van der Waals surface area contributed by atoms with Crippen LogP contribution in [0.5, 0.6) is 0 Å². The number of aliphatic imine (C=N–C) groups is 1. The van der Waals surface area contributed by atoms with Gasteiger partial charge in [-0.1, -0.05) is 12.8 Å². The van der Waals surface area contributed by atoms with Crippen molar-refractivity contribution in [3.63, 3.8) is 0 Å². The van der Waals surface area contributed by atoms with Crippen LogP contribution >= 0.6 is 24.0 Å². The fourth-order valence-corrected chi connectivity index (χ4v) is 5.45. The van der Waals surface area contributed by atoms with Crippen molar-refractivity contribution in [1.29, 1.82) is 0 Å². The number of nitrogens with one attached hydrogen (secondary N) is 2. The first-order chi connectivity index (χ1) is 14.1. The van der Waals surface area contributed by atoms with Crippen LogP contribution in [0.1, 0.15) is 58.8 Å². The molecule has 1 amide bonds. The number of ether oxygens (including phenoxy) is 1. The van der Waals surface area contributed by atoms with Crippen molar-refractivity contribution < 1.29 is 9.53 Å². The highest BCUT2D eigenvalue weighted by Crippen LogP contribution is 2.54. The molecule has 0 aromatic heterocycles. The monoisotopic (exact) mass is 533 g/mol. The molecule has 1 spiro atoms. The van der Waals surface area contributed by atoms with Gasteiger partial charge in [-0.3, -0.25) is 14.7 Å². The van der Waals surface area contributed by atoms with Crippen LogP contribution in [-0.2, 0) is 9.53 Å². The Kier molecular flexibility index (Phi) is 8.66. The van der Waals surface area contributed by atoms with Gasteiger partial charge in [-0.25, -0.2) is 0 Å². The van der Waals surface area contributed by atoms with Crippen molar-refractivity contribution in [2.75, 3.05) is 45.9 Å². The minimum Gasteiger partial charge on any atom is -0.378 e. The zero-order valence-corrected chi connectivity index (χ0v) is 21.0. The largest absolute Gasteiger partial charge is 0.378 e. The number of carbonyl (C=O) groups excluding carboxylic acids is 1. The summed E-state index contributed by atoms with van der Waals surface area (Å²) in [6.45, 7) is 10.0. The summed E-state index contributed by atoms with van der Waals surface area (Å²) in [6, 6.07) is 0.927. The van der Waals surface area contributed by atoms with E-state index in [0.29, 0.717) is 30.1 Å². The summed E-state index contributed by atoms with van der Waals surface area (Å²) in [4.78, 5) is 21.6. The molecule has 2 N–H and O–H groups in total. The van der Waals surface area contributed by atoms with Crippen LogP contribution in [0.15, 0.2) is 4.99 Å². The molecule has 1 aliphatic heterocycles. The Bertz CT molecular complexity index is 598. The number of amides is 1. The molecule has 0 bridgehead atoms. The first-order valence-electron chi connectivity index (χ1n) is 11.8. The van der Waals surface area contributed by atoms with Gasteiger partial charge < -0.3 is 20.3 Å². The Morgan fingerprint density at radius 3 is 2.40 bits per heavy atom. The summed E-state index contributed by atoms with van der Waals surface area (Å²) in [5.41, 5.74) is 0.313. The molecule has 4 rings (SSSR count). The summed E-state index contributed by atoms with van der Waals surface area (Å²) in [7, 11) is 0. The average molecular weight is 533 g/mol. The lowest BCUT2D eigenvalue weighted by atomic mass is 9.60. The zero-order chi connectivity index (χ0) is 20.3. The molecule has 2 atom stereocenters. The van der Waals surface area contributed by atoms with E-state index in [2.05, 4.69) is 34.3 Å². The minimum absolute atomic E-state index is 0. The van der Waals surface area contributed by atoms with Crippen molar-refractivity contribution in [2.45, 2.75) is 77.0 Å². The molecule has 3 saturated carbocycles. The van der Waals surface area contributed by atoms with Gasteiger partial charge in [0.05, 0.1) is 12.6 Å². The molecule has 0 radical (unpaired) electrons.